The van der Waals surface area contributed by atoms with Gasteiger partial charge < -0.3 is 39.7 Å². The van der Waals surface area contributed by atoms with Gasteiger partial charge in [-0.1, -0.05) is 6.42 Å². The van der Waals surface area contributed by atoms with Crippen LogP contribution in [0.4, 0.5) is 0 Å². The largest absolute Gasteiger partial charge is 0.508 e. The molecule has 0 radical (unpaired) electrons. The number of phenols is 1. The molecule has 2 aliphatic rings. The number of likely N-dealkylation sites (tertiary alicyclic amines) is 1. The van der Waals surface area contributed by atoms with Gasteiger partial charge in [-0.15, -0.1) is 11.3 Å². The van der Waals surface area contributed by atoms with Gasteiger partial charge in [0.05, 0.1) is 0 Å². The summed E-state index contributed by atoms with van der Waals surface area (Å²) in [6.07, 6.45) is -5.02. The van der Waals surface area contributed by atoms with Gasteiger partial charge >= 0.3 is 5.97 Å². The number of aliphatic hydroxyl groups excluding tert-OH is 3. The zero-order valence-corrected chi connectivity index (χ0v) is 25.6. The Morgan fingerprint density at radius 2 is 1.57 bits per heavy atom. The van der Waals surface area contributed by atoms with Crippen LogP contribution in [-0.2, 0) is 9.53 Å². The molecule has 5 atom stereocenters. The number of piperidine rings is 1. The van der Waals surface area contributed by atoms with E-state index < -0.39 is 36.7 Å². The fraction of sp³-hybridized carbons (Fsp3) is 0.353. The number of carboxylic acid groups (broad SMARTS) is 1. The minimum Gasteiger partial charge on any atom is -0.508 e. The molecule has 2 saturated heterocycles. The van der Waals surface area contributed by atoms with Crippen molar-refractivity contribution >= 4 is 33.2 Å². The smallest absolute Gasteiger partial charge is 0.335 e. The first-order chi connectivity index (χ1) is 22.2. The summed E-state index contributed by atoms with van der Waals surface area (Å²) in [6, 6.07) is 18.4. The van der Waals surface area contributed by atoms with Gasteiger partial charge in [-0.05, 0) is 98.2 Å². The molecule has 0 amide bonds. The molecular weight excluding hydrogens is 614 g/mol. The Kier molecular flexibility index (Phi) is 9.54. The van der Waals surface area contributed by atoms with E-state index in [1.807, 2.05) is 0 Å². The van der Waals surface area contributed by atoms with Crippen molar-refractivity contribution in [1.82, 2.24) is 4.90 Å². The van der Waals surface area contributed by atoms with E-state index >= 15 is 0 Å². The number of benzene rings is 3. The van der Waals surface area contributed by atoms with Crippen molar-refractivity contribution in [3.63, 3.8) is 0 Å². The fourth-order valence-corrected chi connectivity index (χ4v) is 7.03. The van der Waals surface area contributed by atoms with Crippen molar-refractivity contribution in [3.8, 4) is 27.7 Å². The van der Waals surface area contributed by atoms with Gasteiger partial charge in [-0.2, -0.15) is 0 Å². The van der Waals surface area contributed by atoms with Crippen molar-refractivity contribution in [2.45, 2.75) is 50.0 Å². The molecular formula is C34H35NO10S. The summed E-state index contributed by atoms with van der Waals surface area (Å²) in [4.78, 5) is 28.6. The molecule has 0 unspecified atom stereocenters. The molecule has 12 heteroatoms. The van der Waals surface area contributed by atoms with E-state index in [1.165, 1.54) is 30.6 Å². The maximum Gasteiger partial charge on any atom is 0.335 e. The third kappa shape index (κ3) is 6.73. The molecule has 0 spiro atoms. The predicted octanol–water partition coefficient (Wildman–Crippen LogP) is 3.64. The first-order valence-electron chi connectivity index (χ1n) is 15.1. The average molecular weight is 650 g/mol. The Morgan fingerprint density at radius 3 is 2.26 bits per heavy atom. The number of carbonyl (C=O) groups is 2. The molecule has 4 aromatic rings. The Morgan fingerprint density at radius 1 is 0.870 bits per heavy atom. The molecule has 0 saturated carbocycles. The minimum absolute atomic E-state index is 0.0855. The molecule has 0 aliphatic carbocycles. The highest BCUT2D eigenvalue weighted by Crippen LogP contribution is 2.42. The summed E-state index contributed by atoms with van der Waals surface area (Å²) in [5.41, 5.74) is 1.64. The Balaban J connectivity index is 1.26. The number of rotatable bonds is 10. The standard InChI is InChI=1S/C34H35NO10S/c36-21-8-4-20(5-9-21)32-26(27(37)19-6-10-22(11-7-19)43-17-16-35-14-2-1-3-15-35)24-13-12-23(18-25(24)46-32)44-34-30(40)28(38)29(39)31(45-34)33(41)42/h4-13,18,28-31,34,36,38-40H,1-3,14-17H2,(H,41,42)/t28-,29-,30+,31-,34+/m0/s1. The molecule has 11 nitrogen and oxygen atoms in total. The van der Waals surface area contributed by atoms with Crippen molar-refractivity contribution in [2.24, 2.45) is 0 Å². The molecule has 6 rings (SSSR count). The molecule has 2 fully saturated rings. The van der Waals surface area contributed by atoms with Crippen molar-refractivity contribution in [1.29, 1.82) is 0 Å². The number of hydrogen-bond acceptors (Lipinski definition) is 11. The number of phenolic OH excluding ortho intramolecular Hbond substituents is 1. The summed E-state index contributed by atoms with van der Waals surface area (Å²) >= 11 is 1.32. The van der Waals surface area contributed by atoms with Crippen molar-refractivity contribution < 1.29 is 49.3 Å². The number of aliphatic hydroxyl groups is 3. The van der Waals surface area contributed by atoms with Crippen LogP contribution >= 0.6 is 11.3 Å². The number of aromatic hydroxyl groups is 1. The quantitative estimate of drug-likeness (QED) is 0.159. The van der Waals surface area contributed by atoms with Gasteiger partial charge in [-0.3, -0.25) is 9.69 Å². The molecule has 46 heavy (non-hydrogen) atoms. The number of fused-ring (bicyclic) bond motifs is 1. The molecule has 2 aliphatic heterocycles. The van der Waals surface area contributed by atoms with E-state index in [1.54, 1.807) is 66.7 Å². The summed E-state index contributed by atoms with van der Waals surface area (Å²) in [5.74, 6) is -0.774. The average Bonchev–Trinajstić information content (AvgIpc) is 3.44. The lowest BCUT2D eigenvalue weighted by Crippen LogP contribution is -2.61. The lowest BCUT2D eigenvalue weighted by atomic mass is 9.97. The maximum atomic E-state index is 14.0. The van der Waals surface area contributed by atoms with Gasteiger partial charge in [0, 0.05) is 32.6 Å². The van der Waals surface area contributed by atoms with Crippen LogP contribution in [0.25, 0.3) is 20.5 Å². The third-order valence-electron chi connectivity index (χ3n) is 8.32. The van der Waals surface area contributed by atoms with E-state index in [0.29, 0.717) is 38.4 Å². The number of ether oxygens (including phenoxy) is 3. The first kappa shape index (κ1) is 31.9. The number of nitrogens with zero attached hydrogens (tertiary/aromatic N) is 1. The molecule has 3 heterocycles. The Bertz CT molecular complexity index is 1680. The molecule has 0 bridgehead atoms. The van der Waals surface area contributed by atoms with Crippen LogP contribution in [0.2, 0.25) is 0 Å². The highest BCUT2D eigenvalue weighted by Gasteiger charge is 2.48. The maximum absolute atomic E-state index is 14.0. The van der Waals surface area contributed by atoms with Crippen LogP contribution in [0.5, 0.6) is 17.2 Å². The molecule has 1 aromatic heterocycles. The highest BCUT2D eigenvalue weighted by molar-refractivity contribution is 7.22. The van der Waals surface area contributed by atoms with E-state index in [0.717, 1.165) is 25.2 Å². The van der Waals surface area contributed by atoms with Gasteiger partial charge in [-0.25, -0.2) is 4.79 Å². The number of carboxylic acids is 1. The van der Waals surface area contributed by atoms with Crippen LogP contribution in [-0.4, -0.2) is 99.1 Å². The summed E-state index contributed by atoms with van der Waals surface area (Å²) < 4.78 is 17.6. The Labute approximate surface area is 268 Å². The number of carbonyl (C=O) groups excluding carboxylic acids is 1. The minimum atomic E-state index is -1.84. The summed E-state index contributed by atoms with van der Waals surface area (Å²) in [5, 5.41) is 50.4. The lowest BCUT2D eigenvalue weighted by molar-refractivity contribution is -0.271. The fourth-order valence-electron chi connectivity index (χ4n) is 5.80. The van der Waals surface area contributed by atoms with Crippen LogP contribution < -0.4 is 9.47 Å². The van der Waals surface area contributed by atoms with Gasteiger partial charge in [0.25, 0.3) is 0 Å². The summed E-state index contributed by atoms with van der Waals surface area (Å²) in [6.45, 7) is 3.61. The second kappa shape index (κ2) is 13.8. The first-order valence-corrected chi connectivity index (χ1v) is 16.0. The van der Waals surface area contributed by atoms with Crippen molar-refractivity contribution in [2.75, 3.05) is 26.2 Å². The second-order valence-electron chi connectivity index (χ2n) is 11.5. The lowest BCUT2D eigenvalue weighted by Gasteiger charge is -2.38. The van der Waals surface area contributed by atoms with Crippen LogP contribution in [0, 0.1) is 0 Å². The topological polar surface area (TPSA) is 166 Å². The van der Waals surface area contributed by atoms with Crippen LogP contribution in [0.1, 0.15) is 35.2 Å². The highest BCUT2D eigenvalue weighted by atomic mass is 32.1. The van der Waals surface area contributed by atoms with Crippen LogP contribution in [0.15, 0.2) is 66.7 Å². The number of ketones is 1. The zero-order chi connectivity index (χ0) is 32.4. The summed E-state index contributed by atoms with van der Waals surface area (Å²) in [7, 11) is 0. The normalized spacial score (nSPS) is 23.7. The SMILES string of the molecule is O=C(c1ccc(OCCN2CCCCC2)cc1)c1c(-c2ccc(O)cc2)sc2cc(O[C@@H]3O[C@H](C(=O)O)[C@@H](O)[C@H](O)[C@H]3O)ccc12. The van der Waals surface area contributed by atoms with Gasteiger partial charge in [0.15, 0.2) is 11.9 Å². The second-order valence-corrected chi connectivity index (χ2v) is 12.5. The molecule has 3 aromatic carbocycles. The van der Waals surface area contributed by atoms with Crippen LogP contribution in [0.3, 0.4) is 0 Å². The number of hydrogen-bond donors (Lipinski definition) is 5. The monoisotopic (exact) mass is 649 g/mol. The van der Waals surface area contributed by atoms with Gasteiger partial charge in [0.1, 0.15) is 42.2 Å². The zero-order valence-electron chi connectivity index (χ0n) is 24.8. The van der Waals surface area contributed by atoms with E-state index in [-0.39, 0.29) is 17.3 Å². The number of aliphatic carboxylic acids is 1. The van der Waals surface area contributed by atoms with Crippen molar-refractivity contribution in [3.05, 3.63) is 77.9 Å². The Hall–Kier alpha value is -4.04. The predicted molar refractivity (Wildman–Crippen MR) is 170 cm³/mol. The molecule has 5 N–H and O–H groups in total. The number of thiophene rings is 1. The third-order valence-corrected chi connectivity index (χ3v) is 9.53. The van der Waals surface area contributed by atoms with E-state index in [2.05, 4.69) is 4.90 Å². The van der Waals surface area contributed by atoms with Gasteiger partial charge in [0.2, 0.25) is 6.29 Å². The molecule has 242 valence electrons. The van der Waals surface area contributed by atoms with E-state index in [4.69, 9.17) is 14.2 Å². The van der Waals surface area contributed by atoms with E-state index in [9.17, 15) is 35.1 Å².